The quantitative estimate of drug-likeness (QED) is 0.558. The number of anilines is 1. The van der Waals surface area contributed by atoms with Crippen LogP contribution in [-0.2, 0) is 14.6 Å². The average Bonchev–Trinajstić information content (AvgIpc) is 2.91. The molecule has 0 aromatic carbocycles. The predicted octanol–water partition coefficient (Wildman–Crippen LogP) is 2.22. The Balaban J connectivity index is 2.17. The molecule has 2 aromatic heterocycles. The Morgan fingerprint density at radius 1 is 1.46 bits per heavy atom. The Kier molecular flexibility index (Phi) is 6.07. The van der Waals surface area contributed by atoms with Crippen molar-refractivity contribution in [2.24, 2.45) is 0 Å². The van der Waals surface area contributed by atoms with E-state index in [1.54, 1.807) is 0 Å². The van der Waals surface area contributed by atoms with E-state index in [0.29, 0.717) is 4.34 Å². The summed E-state index contributed by atoms with van der Waals surface area (Å²) >= 11 is 7.78. The molecule has 0 unspecified atom stereocenters. The van der Waals surface area contributed by atoms with E-state index in [1.165, 1.54) is 12.1 Å². The van der Waals surface area contributed by atoms with Crippen molar-refractivity contribution in [2.75, 3.05) is 11.5 Å². The number of thiophene rings is 1. The summed E-state index contributed by atoms with van der Waals surface area (Å²) in [6.07, 6.45) is 1.15. The van der Waals surface area contributed by atoms with Gasteiger partial charge in [-0.3, -0.25) is 4.79 Å². The van der Waals surface area contributed by atoms with Crippen LogP contribution in [0.5, 0.6) is 0 Å². The molecule has 0 saturated carbocycles. The predicted molar refractivity (Wildman–Crippen MR) is 95.2 cm³/mol. The lowest BCUT2D eigenvalue weighted by molar-refractivity contribution is -0.119. The summed E-state index contributed by atoms with van der Waals surface area (Å²) in [5.74, 6) is -0.215. The summed E-state index contributed by atoms with van der Waals surface area (Å²) in [5.41, 5.74) is 5.77. The molecule has 24 heavy (non-hydrogen) atoms. The topological polar surface area (TPSA) is 115 Å². The third kappa shape index (κ3) is 4.59. The second kappa shape index (κ2) is 7.68. The minimum atomic E-state index is -3.82. The number of nitrogens with zero attached hydrogens (tertiary/aromatic N) is 2. The molecular weight excluding hydrogens is 392 g/mol. The Hall–Kier alpha value is -1.36. The first-order valence-electron chi connectivity index (χ1n) is 6.75. The fourth-order valence-corrected chi connectivity index (χ4v) is 5.19. The Morgan fingerprint density at radius 3 is 2.71 bits per heavy atom. The largest absolute Gasteiger partial charge is 0.382 e. The van der Waals surface area contributed by atoms with Crippen LogP contribution in [0.4, 0.5) is 5.82 Å². The van der Waals surface area contributed by atoms with E-state index in [-0.39, 0.29) is 37.8 Å². The van der Waals surface area contributed by atoms with Crippen molar-refractivity contribution in [1.29, 1.82) is 0 Å². The molecule has 3 N–H and O–H groups in total. The SMILES string of the molecule is CC(C)NC(=O)CSc1ncc(S(=O)(=O)c2ccc(Cl)s2)c(N)n1. The molecule has 0 aliphatic rings. The molecule has 0 aliphatic carbocycles. The summed E-state index contributed by atoms with van der Waals surface area (Å²) < 4.78 is 25.4. The minimum absolute atomic E-state index is 0.0363. The highest BCUT2D eigenvalue weighted by atomic mass is 35.5. The molecule has 2 heterocycles. The normalized spacial score (nSPS) is 11.7. The smallest absolute Gasteiger partial charge is 0.230 e. The summed E-state index contributed by atoms with van der Waals surface area (Å²) in [6, 6.07) is 2.93. The molecule has 11 heteroatoms. The van der Waals surface area contributed by atoms with Crippen molar-refractivity contribution in [1.82, 2.24) is 15.3 Å². The van der Waals surface area contributed by atoms with Crippen molar-refractivity contribution in [3.05, 3.63) is 22.7 Å². The highest BCUT2D eigenvalue weighted by molar-refractivity contribution is 7.99. The van der Waals surface area contributed by atoms with Crippen molar-refractivity contribution < 1.29 is 13.2 Å². The summed E-state index contributed by atoms with van der Waals surface area (Å²) in [4.78, 5) is 19.4. The standard InChI is InChI=1S/C13H15ClN4O3S3/c1-7(2)17-10(19)6-22-13-16-5-8(12(15)18-13)24(20,21)11-4-3-9(14)23-11/h3-5,7H,6H2,1-2H3,(H,17,19)(H2,15,16,18). The van der Waals surface area contributed by atoms with Gasteiger partial charge in [0, 0.05) is 6.04 Å². The third-order valence-electron chi connectivity index (χ3n) is 2.65. The zero-order valence-corrected chi connectivity index (χ0v) is 16.0. The molecular formula is C13H15ClN4O3S3. The summed E-state index contributed by atoms with van der Waals surface area (Å²) in [7, 11) is -3.82. The van der Waals surface area contributed by atoms with Crippen LogP contribution < -0.4 is 11.1 Å². The van der Waals surface area contributed by atoms with Crippen LogP contribution in [0.25, 0.3) is 0 Å². The second-order valence-corrected chi connectivity index (χ2v) is 9.78. The van der Waals surface area contributed by atoms with Gasteiger partial charge in [0.15, 0.2) is 5.16 Å². The van der Waals surface area contributed by atoms with Crippen molar-refractivity contribution in [2.45, 2.75) is 34.2 Å². The highest BCUT2D eigenvalue weighted by Gasteiger charge is 2.24. The number of nitrogen functional groups attached to an aromatic ring is 1. The van der Waals surface area contributed by atoms with Crippen LogP contribution in [0, 0.1) is 0 Å². The number of carbonyl (C=O) groups excluding carboxylic acids is 1. The molecule has 0 saturated heterocycles. The van der Waals surface area contributed by atoms with Crippen LogP contribution in [0.3, 0.4) is 0 Å². The van der Waals surface area contributed by atoms with Gasteiger partial charge in [-0.15, -0.1) is 11.3 Å². The van der Waals surface area contributed by atoms with Gasteiger partial charge in [0.2, 0.25) is 15.7 Å². The van der Waals surface area contributed by atoms with Crippen LogP contribution in [0.2, 0.25) is 4.34 Å². The molecule has 7 nitrogen and oxygen atoms in total. The zero-order valence-electron chi connectivity index (χ0n) is 12.8. The van der Waals surface area contributed by atoms with E-state index >= 15 is 0 Å². The zero-order chi connectivity index (χ0) is 17.9. The monoisotopic (exact) mass is 406 g/mol. The first kappa shape index (κ1) is 19.0. The summed E-state index contributed by atoms with van der Waals surface area (Å²) in [6.45, 7) is 3.71. The highest BCUT2D eigenvalue weighted by Crippen LogP contribution is 2.32. The van der Waals surface area contributed by atoms with Gasteiger partial charge in [0.1, 0.15) is 14.9 Å². The number of thioether (sulfide) groups is 1. The van der Waals surface area contributed by atoms with Crippen LogP contribution in [0.15, 0.2) is 32.6 Å². The number of hydrogen-bond donors (Lipinski definition) is 2. The van der Waals surface area contributed by atoms with Gasteiger partial charge in [-0.05, 0) is 26.0 Å². The molecule has 0 fully saturated rings. The third-order valence-corrected chi connectivity index (χ3v) is 7.00. The lowest BCUT2D eigenvalue weighted by atomic mass is 10.4. The van der Waals surface area contributed by atoms with Gasteiger partial charge in [-0.25, -0.2) is 18.4 Å². The van der Waals surface area contributed by atoms with E-state index in [4.69, 9.17) is 17.3 Å². The second-order valence-electron chi connectivity index (χ2n) is 4.97. The van der Waals surface area contributed by atoms with Gasteiger partial charge in [0.05, 0.1) is 16.3 Å². The number of hydrogen-bond acceptors (Lipinski definition) is 8. The van der Waals surface area contributed by atoms with Crippen LogP contribution >= 0.6 is 34.7 Å². The number of sulfone groups is 1. The number of nitrogens with one attached hydrogen (secondary N) is 1. The van der Waals surface area contributed by atoms with Gasteiger partial charge in [-0.1, -0.05) is 23.4 Å². The Morgan fingerprint density at radius 2 is 2.17 bits per heavy atom. The maximum atomic E-state index is 12.5. The van der Waals surface area contributed by atoms with Crippen LogP contribution in [0.1, 0.15) is 13.8 Å². The molecule has 0 radical (unpaired) electrons. The van der Waals surface area contributed by atoms with Crippen molar-refractivity contribution in [3.8, 4) is 0 Å². The van der Waals surface area contributed by atoms with Gasteiger partial charge in [0.25, 0.3) is 0 Å². The van der Waals surface area contributed by atoms with E-state index in [0.717, 1.165) is 29.3 Å². The number of rotatable bonds is 6. The fourth-order valence-electron chi connectivity index (χ4n) is 1.69. The van der Waals surface area contributed by atoms with Crippen molar-refractivity contribution >= 4 is 56.3 Å². The molecule has 0 atom stereocenters. The maximum absolute atomic E-state index is 12.5. The molecule has 2 rings (SSSR count). The van der Waals surface area contributed by atoms with Crippen molar-refractivity contribution in [3.63, 3.8) is 0 Å². The molecule has 0 aliphatic heterocycles. The van der Waals surface area contributed by atoms with E-state index in [9.17, 15) is 13.2 Å². The number of aromatic nitrogens is 2. The number of halogens is 1. The van der Waals surface area contributed by atoms with E-state index < -0.39 is 9.84 Å². The van der Waals surface area contributed by atoms with Gasteiger partial charge in [-0.2, -0.15) is 0 Å². The first-order valence-corrected chi connectivity index (χ1v) is 10.4. The Labute approximate surface area is 152 Å². The number of nitrogens with two attached hydrogens (primary N) is 1. The first-order chi connectivity index (χ1) is 11.2. The Bertz CT molecular complexity index is 852. The van der Waals surface area contributed by atoms with Gasteiger partial charge >= 0.3 is 0 Å². The van der Waals surface area contributed by atoms with Gasteiger partial charge < -0.3 is 11.1 Å². The molecule has 0 bridgehead atoms. The average molecular weight is 407 g/mol. The minimum Gasteiger partial charge on any atom is -0.382 e. The maximum Gasteiger partial charge on any atom is 0.230 e. The van der Waals surface area contributed by atoms with Crippen LogP contribution in [-0.4, -0.2) is 36.1 Å². The number of amides is 1. The lowest BCUT2D eigenvalue weighted by Crippen LogP contribution is -2.31. The fraction of sp³-hybridized carbons (Fsp3) is 0.308. The summed E-state index contributed by atoms with van der Waals surface area (Å²) in [5, 5.41) is 2.96. The van der Waals surface area contributed by atoms with E-state index in [2.05, 4.69) is 15.3 Å². The molecule has 0 spiro atoms. The van der Waals surface area contributed by atoms with E-state index in [1.807, 2.05) is 13.8 Å². The lowest BCUT2D eigenvalue weighted by Gasteiger charge is -2.08. The molecule has 130 valence electrons. The number of carbonyl (C=O) groups is 1. The molecule has 1 amide bonds. The molecule has 2 aromatic rings.